The summed E-state index contributed by atoms with van der Waals surface area (Å²) >= 11 is 2.99. The summed E-state index contributed by atoms with van der Waals surface area (Å²) in [6, 6.07) is 2.40. The third-order valence-electron chi connectivity index (χ3n) is 4.67. The van der Waals surface area contributed by atoms with E-state index in [0.29, 0.717) is 18.3 Å². The van der Waals surface area contributed by atoms with Crippen molar-refractivity contribution in [1.82, 2.24) is 0 Å². The SMILES string of the molecule is O=C(CC1CC2CCC1C2)c1ccc(F)c(F)c1Br. The molecule has 0 heterocycles. The molecule has 0 aliphatic heterocycles. The zero-order valence-electron chi connectivity index (χ0n) is 10.5. The van der Waals surface area contributed by atoms with E-state index in [2.05, 4.69) is 15.9 Å². The third kappa shape index (κ3) is 2.35. The molecule has 1 aromatic rings. The molecule has 0 saturated heterocycles. The lowest BCUT2D eigenvalue weighted by atomic mass is 9.84. The first-order valence-electron chi connectivity index (χ1n) is 6.73. The Labute approximate surface area is 119 Å². The Kier molecular flexibility index (Phi) is 3.46. The summed E-state index contributed by atoms with van der Waals surface area (Å²) in [4.78, 5) is 12.2. The van der Waals surface area contributed by atoms with Gasteiger partial charge in [0.2, 0.25) is 0 Å². The summed E-state index contributed by atoms with van der Waals surface area (Å²) in [6.45, 7) is 0. The lowest BCUT2D eigenvalue weighted by Gasteiger charge is -2.21. The molecule has 4 heteroatoms. The monoisotopic (exact) mass is 328 g/mol. The number of hydrogen-bond acceptors (Lipinski definition) is 1. The van der Waals surface area contributed by atoms with Gasteiger partial charge >= 0.3 is 0 Å². The highest BCUT2D eigenvalue weighted by Gasteiger charge is 2.40. The molecular weight excluding hydrogens is 314 g/mol. The molecule has 0 N–H and O–H groups in total. The van der Waals surface area contributed by atoms with E-state index in [4.69, 9.17) is 0 Å². The molecule has 1 aromatic carbocycles. The van der Waals surface area contributed by atoms with Crippen LogP contribution in [-0.4, -0.2) is 5.78 Å². The summed E-state index contributed by atoms with van der Waals surface area (Å²) in [5.41, 5.74) is 0.265. The highest BCUT2D eigenvalue weighted by atomic mass is 79.9. The Morgan fingerprint density at radius 1 is 1.26 bits per heavy atom. The molecule has 2 bridgehead atoms. The topological polar surface area (TPSA) is 17.1 Å². The van der Waals surface area contributed by atoms with E-state index < -0.39 is 11.6 Å². The first kappa shape index (κ1) is 13.2. The van der Waals surface area contributed by atoms with Gasteiger partial charge in [0, 0.05) is 12.0 Å². The molecule has 2 aliphatic rings. The zero-order valence-corrected chi connectivity index (χ0v) is 12.1. The van der Waals surface area contributed by atoms with E-state index in [1.807, 2.05) is 0 Å². The van der Waals surface area contributed by atoms with Crippen LogP contribution in [-0.2, 0) is 0 Å². The van der Waals surface area contributed by atoms with Crippen LogP contribution in [0, 0.1) is 29.4 Å². The second kappa shape index (κ2) is 4.97. The van der Waals surface area contributed by atoms with Gasteiger partial charge in [0.05, 0.1) is 4.47 Å². The summed E-state index contributed by atoms with van der Waals surface area (Å²) in [6.07, 6.45) is 5.35. The number of benzene rings is 1. The maximum atomic E-state index is 13.4. The maximum Gasteiger partial charge on any atom is 0.173 e. The number of Topliss-reactive ketones (excluding diaryl/α,β-unsaturated/α-hetero) is 1. The molecule has 102 valence electrons. The van der Waals surface area contributed by atoms with Crippen LogP contribution in [0.5, 0.6) is 0 Å². The molecule has 3 unspecified atom stereocenters. The Hall–Kier alpha value is -0.770. The van der Waals surface area contributed by atoms with Crippen molar-refractivity contribution >= 4 is 21.7 Å². The van der Waals surface area contributed by atoms with E-state index >= 15 is 0 Å². The number of carbonyl (C=O) groups is 1. The number of hydrogen-bond donors (Lipinski definition) is 0. The summed E-state index contributed by atoms with van der Waals surface area (Å²) in [5.74, 6) is -0.0917. The fraction of sp³-hybridized carbons (Fsp3) is 0.533. The smallest absolute Gasteiger partial charge is 0.173 e. The van der Waals surface area contributed by atoms with Crippen molar-refractivity contribution in [2.45, 2.75) is 32.1 Å². The Bertz CT molecular complexity index is 529. The Balaban J connectivity index is 1.76. The maximum absolute atomic E-state index is 13.4. The van der Waals surface area contributed by atoms with Crippen LogP contribution < -0.4 is 0 Å². The first-order valence-corrected chi connectivity index (χ1v) is 7.52. The fourth-order valence-electron chi connectivity index (χ4n) is 3.72. The average molecular weight is 329 g/mol. The van der Waals surface area contributed by atoms with Crippen molar-refractivity contribution in [3.8, 4) is 0 Å². The van der Waals surface area contributed by atoms with Crippen LogP contribution in [0.4, 0.5) is 8.78 Å². The molecule has 3 rings (SSSR count). The van der Waals surface area contributed by atoms with Crippen LogP contribution >= 0.6 is 15.9 Å². The van der Waals surface area contributed by atoms with E-state index in [0.717, 1.165) is 18.4 Å². The van der Waals surface area contributed by atoms with Crippen LogP contribution in [0.1, 0.15) is 42.5 Å². The predicted octanol–water partition coefficient (Wildman–Crippen LogP) is 4.74. The highest BCUT2D eigenvalue weighted by molar-refractivity contribution is 9.10. The number of carbonyl (C=O) groups excluding carboxylic acids is 1. The lowest BCUT2D eigenvalue weighted by molar-refractivity contribution is 0.0943. The van der Waals surface area contributed by atoms with Gasteiger partial charge in [-0.15, -0.1) is 0 Å². The standard InChI is InChI=1S/C15H15BrF2O/c16-14-11(3-4-12(17)15(14)18)13(19)7-10-6-8-1-2-9(10)5-8/h3-4,8-10H,1-2,5-7H2. The van der Waals surface area contributed by atoms with Gasteiger partial charge < -0.3 is 0 Å². The van der Waals surface area contributed by atoms with Crippen LogP contribution in [0.25, 0.3) is 0 Å². The van der Waals surface area contributed by atoms with Gasteiger partial charge in [-0.2, -0.15) is 0 Å². The number of fused-ring (bicyclic) bond motifs is 2. The van der Waals surface area contributed by atoms with Gasteiger partial charge in [-0.1, -0.05) is 6.42 Å². The highest BCUT2D eigenvalue weighted by Crippen LogP contribution is 2.49. The van der Waals surface area contributed by atoms with E-state index in [1.54, 1.807) is 0 Å². The van der Waals surface area contributed by atoms with Gasteiger partial charge in [-0.3, -0.25) is 4.79 Å². The molecule has 0 radical (unpaired) electrons. The molecule has 2 saturated carbocycles. The van der Waals surface area contributed by atoms with Gasteiger partial charge in [0.25, 0.3) is 0 Å². The number of ketones is 1. The number of rotatable bonds is 3. The minimum atomic E-state index is -0.973. The van der Waals surface area contributed by atoms with Crippen molar-refractivity contribution in [2.75, 3.05) is 0 Å². The van der Waals surface area contributed by atoms with Gasteiger partial charge in [0.1, 0.15) is 0 Å². The number of halogens is 3. The molecular formula is C15H15BrF2O. The molecule has 2 aliphatic carbocycles. The normalized spacial score (nSPS) is 28.9. The average Bonchev–Trinajstić information content (AvgIpc) is 2.98. The van der Waals surface area contributed by atoms with E-state index in [9.17, 15) is 13.6 Å². The summed E-state index contributed by atoms with van der Waals surface area (Å²) in [5, 5.41) is 0. The zero-order chi connectivity index (χ0) is 13.6. The second-order valence-electron chi connectivity index (χ2n) is 5.79. The third-order valence-corrected chi connectivity index (χ3v) is 5.44. The van der Waals surface area contributed by atoms with Crippen molar-refractivity contribution in [3.63, 3.8) is 0 Å². The molecule has 19 heavy (non-hydrogen) atoms. The second-order valence-corrected chi connectivity index (χ2v) is 6.58. The van der Waals surface area contributed by atoms with E-state index in [1.165, 1.54) is 25.3 Å². The molecule has 0 spiro atoms. The van der Waals surface area contributed by atoms with Gasteiger partial charge in [-0.05, 0) is 65.1 Å². The molecule has 0 aromatic heterocycles. The quantitative estimate of drug-likeness (QED) is 0.578. The van der Waals surface area contributed by atoms with Crippen molar-refractivity contribution in [2.24, 2.45) is 17.8 Å². The predicted molar refractivity (Wildman–Crippen MR) is 71.9 cm³/mol. The van der Waals surface area contributed by atoms with Crippen LogP contribution in [0.2, 0.25) is 0 Å². The van der Waals surface area contributed by atoms with Crippen LogP contribution in [0.15, 0.2) is 16.6 Å². The molecule has 2 fully saturated rings. The van der Waals surface area contributed by atoms with Crippen molar-refractivity contribution in [3.05, 3.63) is 33.8 Å². The molecule has 1 nitrogen and oxygen atoms in total. The van der Waals surface area contributed by atoms with Crippen molar-refractivity contribution < 1.29 is 13.6 Å². The minimum Gasteiger partial charge on any atom is -0.294 e. The van der Waals surface area contributed by atoms with E-state index in [-0.39, 0.29) is 15.8 Å². The molecule has 0 amide bonds. The Morgan fingerprint density at radius 3 is 2.68 bits per heavy atom. The van der Waals surface area contributed by atoms with Crippen LogP contribution in [0.3, 0.4) is 0 Å². The minimum absolute atomic E-state index is 0.0411. The van der Waals surface area contributed by atoms with Gasteiger partial charge in [0.15, 0.2) is 17.4 Å². The summed E-state index contributed by atoms with van der Waals surface area (Å²) < 4.78 is 26.4. The summed E-state index contributed by atoms with van der Waals surface area (Å²) in [7, 11) is 0. The lowest BCUT2D eigenvalue weighted by Crippen LogP contribution is -2.16. The largest absolute Gasteiger partial charge is 0.294 e. The molecule has 3 atom stereocenters. The van der Waals surface area contributed by atoms with Crippen molar-refractivity contribution in [1.29, 1.82) is 0 Å². The van der Waals surface area contributed by atoms with Gasteiger partial charge in [-0.25, -0.2) is 8.78 Å². The fourth-order valence-corrected chi connectivity index (χ4v) is 4.26. The Morgan fingerprint density at radius 2 is 2.05 bits per heavy atom. The first-order chi connectivity index (χ1) is 9.06.